The van der Waals surface area contributed by atoms with Gasteiger partial charge in [0.15, 0.2) is 0 Å². The summed E-state index contributed by atoms with van der Waals surface area (Å²) < 4.78 is 4.87. The summed E-state index contributed by atoms with van der Waals surface area (Å²) in [6, 6.07) is 0. The van der Waals surface area contributed by atoms with Crippen molar-refractivity contribution in [2.45, 2.75) is 64.3 Å². The van der Waals surface area contributed by atoms with Crippen LogP contribution in [0.15, 0.2) is 12.2 Å². The number of aliphatic hydroxyl groups excluding tert-OH is 4. The summed E-state index contributed by atoms with van der Waals surface area (Å²) in [5.41, 5.74) is 0.240. The molecule has 6 nitrogen and oxygen atoms in total. The first-order valence-electron chi connectivity index (χ1n) is 9.64. The fraction of sp³-hybridized carbons (Fsp3) is 0.850. The number of aliphatic hydroxyl groups is 4. The lowest BCUT2D eigenvalue weighted by Crippen LogP contribution is -2.58. The highest BCUT2D eigenvalue weighted by Gasteiger charge is 2.58. The van der Waals surface area contributed by atoms with E-state index >= 15 is 0 Å². The largest absolute Gasteiger partial charge is 0.463 e. The predicted octanol–water partition coefficient (Wildman–Crippen LogP) is 1.01. The van der Waals surface area contributed by atoms with Crippen molar-refractivity contribution in [3.8, 4) is 0 Å². The second-order valence-corrected chi connectivity index (χ2v) is 9.05. The number of rotatable bonds is 4. The molecule has 1 unspecified atom stereocenters. The van der Waals surface area contributed by atoms with E-state index in [9.17, 15) is 25.2 Å². The molecule has 8 atom stereocenters. The number of fused-ring (bicyclic) bond motifs is 1. The van der Waals surface area contributed by atoms with Crippen LogP contribution in [0, 0.1) is 28.6 Å². The molecular formula is C20H32O6. The lowest BCUT2D eigenvalue weighted by atomic mass is 9.46. The molecule has 4 N–H and O–H groups in total. The molecule has 1 saturated heterocycles. The maximum absolute atomic E-state index is 11.9. The first kappa shape index (κ1) is 19.8. The van der Waals surface area contributed by atoms with Gasteiger partial charge in [0.2, 0.25) is 0 Å². The summed E-state index contributed by atoms with van der Waals surface area (Å²) in [7, 11) is 0. The highest BCUT2D eigenvalue weighted by atomic mass is 16.6. The van der Waals surface area contributed by atoms with Gasteiger partial charge in [-0.3, -0.25) is 4.79 Å². The summed E-state index contributed by atoms with van der Waals surface area (Å²) in [4.78, 5) is 11.9. The van der Waals surface area contributed by atoms with Crippen LogP contribution in [0.2, 0.25) is 0 Å². The average molecular weight is 368 g/mol. The van der Waals surface area contributed by atoms with Crippen LogP contribution in [-0.4, -0.2) is 57.9 Å². The monoisotopic (exact) mass is 368 g/mol. The van der Waals surface area contributed by atoms with Crippen molar-refractivity contribution in [3.05, 3.63) is 12.2 Å². The van der Waals surface area contributed by atoms with Gasteiger partial charge in [-0.05, 0) is 49.4 Å². The molecule has 26 heavy (non-hydrogen) atoms. The molecule has 2 saturated carbocycles. The first-order valence-corrected chi connectivity index (χ1v) is 9.64. The van der Waals surface area contributed by atoms with Crippen LogP contribution >= 0.6 is 0 Å². The molecule has 0 aromatic heterocycles. The maximum Gasteiger partial charge on any atom is 0.314 e. The third kappa shape index (κ3) is 2.91. The lowest BCUT2D eigenvalue weighted by molar-refractivity contribution is -0.158. The highest BCUT2D eigenvalue weighted by molar-refractivity contribution is 5.75. The van der Waals surface area contributed by atoms with Crippen LogP contribution in [0.5, 0.6) is 0 Å². The summed E-state index contributed by atoms with van der Waals surface area (Å²) in [6.07, 6.45) is 0.815. The van der Waals surface area contributed by atoms with Crippen molar-refractivity contribution in [2.24, 2.45) is 28.6 Å². The van der Waals surface area contributed by atoms with Crippen molar-refractivity contribution in [1.29, 1.82) is 0 Å². The molecule has 0 spiro atoms. The highest BCUT2D eigenvalue weighted by Crippen LogP contribution is 2.61. The van der Waals surface area contributed by atoms with E-state index < -0.39 is 35.6 Å². The number of carbonyl (C=O) groups is 1. The van der Waals surface area contributed by atoms with Crippen molar-refractivity contribution >= 4 is 5.97 Å². The molecule has 3 fully saturated rings. The second-order valence-electron chi connectivity index (χ2n) is 9.05. The SMILES string of the molecule is C=C1CC[C@@H]2[C@](C)(CO)[C@H](O)CC[C@@]2(C)[C@@H]1C[C@H](O)C1C(=O)OC[C@H]1O. The van der Waals surface area contributed by atoms with E-state index in [0.717, 1.165) is 24.8 Å². The quantitative estimate of drug-likeness (QED) is 0.436. The zero-order valence-electron chi connectivity index (χ0n) is 15.7. The van der Waals surface area contributed by atoms with Gasteiger partial charge >= 0.3 is 5.97 Å². The van der Waals surface area contributed by atoms with Crippen LogP contribution in [0.4, 0.5) is 0 Å². The van der Waals surface area contributed by atoms with E-state index in [4.69, 9.17) is 4.74 Å². The molecule has 1 heterocycles. The molecule has 148 valence electrons. The third-order valence-electron chi connectivity index (χ3n) is 7.67. The van der Waals surface area contributed by atoms with Gasteiger partial charge in [0.05, 0.1) is 18.8 Å². The number of ether oxygens (including phenoxy) is 1. The van der Waals surface area contributed by atoms with Gasteiger partial charge in [-0.15, -0.1) is 0 Å². The van der Waals surface area contributed by atoms with E-state index in [1.807, 2.05) is 6.92 Å². The van der Waals surface area contributed by atoms with E-state index in [1.54, 1.807) is 0 Å². The number of esters is 1. The van der Waals surface area contributed by atoms with Crippen LogP contribution in [0.25, 0.3) is 0 Å². The van der Waals surface area contributed by atoms with Gasteiger partial charge in [0.1, 0.15) is 18.6 Å². The van der Waals surface area contributed by atoms with Crippen molar-refractivity contribution in [3.63, 3.8) is 0 Å². The summed E-state index contributed by atoms with van der Waals surface area (Å²) in [6.45, 7) is 8.18. The Labute approximate surface area is 154 Å². The van der Waals surface area contributed by atoms with Gasteiger partial charge in [-0.2, -0.15) is 0 Å². The Balaban J connectivity index is 1.86. The number of hydrogen-bond acceptors (Lipinski definition) is 6. The fourth-order valence-electron chi connectivity index (χ4n) is 5.96. The molecule has 2 aliphatic carbocycles. The molecule has 6 heteroatoms. The molecule has 0 amide bonds. The third-order valence-corrected chi connectivity index (χ3v) is 7.67. The second kappa shape index (κ2) is 6.89. The molecule has 0 aromatic rings. The van der Waals surface area contributed by atoms with Crippen LogP contribution in [-0.2, 0) is 9.53 Å². The van der Waals surface area contributed by atoms with E-state index in [-0.39, 0.29) is 30.5 Å². The minimum atomic E-state index is -0.996. The van der Waals surface area contributed by atoms with E-state index in [1.165, 1.54) is 0 Å². The normalized spacial score (nSPS) is 47.4. The van der Waals surface area contributed by atoms with Gasteiger partial charge in [0.25, 0.3) is 0 Å². The molecule has 3 rings (SSSR count). The Hall–Kier alpha value is -0.950. The smallest absolute Gasteiger partial charge is 0.314 e. The Kier molecular flexibility index (Phi) is 5.25. The molecule has 3 aliphatic rings. The van der Waals surface area contributed by atoms with E-state index in [0.29, 0.717) is 12.8 Å². The van der Waals surface area contributed by atoms with Crippen LogP contribution in [0.1, 0.15) is 46.0 Å². The fourth-order valence-corrected chi connectivity index (χ4v) is 5.96. The summed E-state index contributed by atoms with van der Waals surface area (Å²) in [5.74, 6) is -1.39. The van der Waals surface area contributed by atoms with Crippen molar-refractivity contribution in [2.75, 3.05) is 13.2 Å². The van der Waals surface area contributed by atoms with Gasteiger partial charge in [0, 0.05) is 5.41 Å². The van der Waals surface area contributed by atoms with Crippen molar-refractivity contribution < 1.29 is 30.0 Å². The minimum absolute atomic E-state index is 0.0322. The van der Waals surface area contributed by atoms with Crippen LogP contribution < -0.4 is 0 Å². The Morgan fingerprint density at radius 1 is 1.31 bits per heavy atom. The maximum atomic E-state index is 11.9. The zero-order valence-corrected chi connectivity index (χ0v) is 15.7. The number of allylic oxidation sites excluding steroid dienone is 1. The van der Waals surface area contributed by atoms with Gasteiger partial charge in [-0.25, -0.2) is 0 Å². The van der Waals surface area contributed by atoms with Crippen molar-refractivity contribution in [1.82, 2.24) is 0 Å². The number of hydrogen-bond donors (Lipinski definition) is 4. The summed E-state index contributed by atoms with van der Waals surface area (Å²) >= 11 is 0. The van der Waals surface area contributed by atoms with Gasteiger partial charge in [-0.1, -0.05) is 26.0 Å². The van der Waals surface area contributed by atoms with E-state index in [2.05, 4.69) is 13.5 Å². The Bertz CT molecular complexity index is 577. The molecular weight excluding hydrogens is 336 g/mol. The van der Waals surface area contributed by atoms with Gasteiger partial charge < -0.3 is 25.2 Å². The molecule has 0 bridgehead atoms. The summed E-state index contributed by atoms with van der Waals surface area (Å²) in [5, 5.41) is 41.2. The zero-order chi connectivity index (χ0) is 19.3. The molecule has 0 aromatic carbocycles. The standard InChI is InChI=1S/C20H32O6/c1-11-4-5-15-19(2,7-6-16(24)20(15,3)10-21)12(11)8-13(22)17-14(23)9-26-18(17)25/h12-17,21-24H,1,4-10H2,2-3H3/t12-,13+,14-,15+,16-,17?,19+,20+/m1/s1. The number of carbonyl (C=O) groups excluding carboxylic acids is 1. The number of cyclic esters (lactones) is 1. The molecule has 0 radical (unpaired) electrons. The first-order chi connectivity index (χ1) is 12.1. The lowest BCUT2D eigenvalue weighted by Gasteiger charge is -2.60. The topological polar surface area (TPSA) is 107 Å². The average Bonchev–Trinajstić information content (AvgIpc) is 2.93. The predicted molar refractivity (Wildman–Crippen MR) is 95.0 cm³/mol. The van der Waals surface area contributed by atoms with Crippen LogP contribution in [0.3, 0.4) is 0 Å². The molecule has 1 aliphatic heterocycles. The Morgan fingerprint density at radius 2 is 2.00 bits per heavy atom. The Morgan fingerprint density at radius 3 is 2.58 bits per heavy atom. The minimum Gasteiger partial charge on any atom is -0.463 e.